The summed E-state index contributed by atoms with van der Waals surface area (Å²) in [5.74, 6) is 0.990. The van der Waals surface area contributed by atoms with Gasteiger partial charge in [-0.25, -0.2) is 0 Å². The van der Waals surface area contributed by atoms with Gasteiger partial charge in [0.25, 0.3) is 0 Å². The molecule has 2 rings (SSSR count). The van der Waals surface area contributed by atoms with Gasteiger partial charge in [0.1, 0.15) is 12.4 Å². The second-order valence-electron chi connectivity index (χ2n) is 4.86. The summed E-state index contributed by atoms with van der Waals surface area (Å²) in [7, 11) is 0. The number of hydrogen-bond acceptors (Lipinski definition) is 2. The van der Waals surface area contributed by atoms with E-state index in [4.69, 9.17) is 10.5 Å². The van der Waals surface area contributed by atoms with Crippen molar-refractivity contribution in [1.82, 2.24) is 0 Å². The number of ether oxygens (including phenoxy) is 1. The zero-order chi connectivity index (χ0) is 11.1. The lowest BCUT2D eigenvalue weighted by atomic mass is 10.1. The highest BCUT2D eigenvalue weighted by molar-refractivity contribution is 5.42. The van der Waals surface area contributed by atoms with Gasteiger partial charge < -0.3 is 10.5 Å². The quantitative estimate of drug-likeness (QED) is 0.822. The molecule has 0 aliphatic heterocycles. The molecule has 0 bridgehead atoms. The van der Waals surface area contributed by atoms with Gasteiger partial charge in [-0.2, -0.15) is 0 Å². The van der Waals surface area contributed by atoms with Crippen molar-refractivity contribution in [3.05, 3.63) is 28.8 Å². The molecule has 0 unspecified atom stereocenters. The zero-order valence-corrected chi connectivity index (χ0v) is 9.76. The van der Waals surface area contributed by atoms with E-state index in [9.17, 15) is 0 Å². The predicted molar refractivity (Wildman–Crippen MR) is 62.3 cm³/mol. The Morgan fingerprint density at radius 3 is 2.53 bits per heavy atom. The fourth-order valence-electron chi connectivity index (χ4n) is 1.68. The molecule has 0 saturated heterocycles. The Hall–Kier alpha value is -1.02. The molecule has 2 N–H and O–H groups in total. The summed E-state index contributed by atoms with van der Waals surface area (Å²) in [4.78, 5) is 0. The fourth-order valence-corrected chi connectivity index (χ4v) is 1.68. The van der Waals surface area contributed by atoms with Crippen LogP contribution >= 0.6 is 0 Å². The highest BCUT2D eigenvalue weighted by Gasteiger charge is 2.39. The molecular formula is C13H19NO. The summed E-state index contributed by atoms with van der Waals surface area (Å²) < 4.78 is 5.80. The lowest BCUT2D eigenvalue weighted by molar-refractivity contribution is 0.277. The van der Waals surface area contributed by atoms with Gasteiger partial charge in [0.2, 0.25) is 0 Å². The summed E-state index contributed by atoms with van der Waals surface area (Å²) in [6.07, 6.45) is 2.19. The van der Waals surface area contributed by atoms with Crippen molar-refractivity contribution in [2.45, 2.75) is 39.2 Å². The highest BCUT2D eigenvalue weighted by Crippen LogP contribution is 2.33. The molecule has 0 radical (unpaired) electrons. The first-order valence-corrected chi connectivity index (χ1v) is 5.50. The average Bonchev–Trinajstić information content (AvgIpc) is 2.88. The van der Waals surface area contributed by atoms with Gasteiger partial charge >= 0.3 is 0 Å². The molecule has 82 valence electrons. The van der Waals surface area contributed by atoms with Crippen molar-refractivity contribution < 1.29 is 4.74 Å². The lowest BCUT2D eigenvalue weighted by Gasteiger charge is -2.15. The van der Waals surface area contributed by atoms with Crippen LogP contribution in [0, 0.1) is 20.8 Å². The SMILES string of the molecule is Cc1cc(C)c(C)c(OCC2(N)CC2)c1. The van der Waals surface area contributed by atoms with E-state index < -0.39 is 0 Å². The van der Waals surface area contributed by atoms with Crippen LogP contribution in [0.25, 0.3) is 0 Å². The minimum atomic E-state index is -0.0376. The van der Waals surface area contributed by atoms with Crippen LogP contribution in [-0.2, 0) is 0 Å². The maximum absolute atomic E-state index is 6.00. The largest absolute Gasteiger partial charge is 0.491 e. The minimum Gasteiger partial charge on any atom is -0.491 e. The number of nitrogens with two attached hydrogens (primary N) is 1. The van der Waals surface area contributed by atoms with Crippen LogP contribution in [0.3, 0.4) is 0 Å². The van der Waals surface area contributed by atoms with Crippen molar-refractivity contribution in [2.75, 3.05) is 6.61 Å². The van der Waals surface area contributed by atoms with Crippen molar-refractivity contribution in [3.63, 3.8) is 0 Å². The molecule has 2 heteroatoms. The monoisotopic (exact) mass is 205 g/mol. The smallest absolute Gasteiger partial charge is 0.122 e. The second kappa shape index (κ2) is 3.53. The Kier molecular flexibility index (Phi) is 2.47. The summed E-state index contributed by atoms with van der Waals surface area (Å²) in [6, 6.07) is 4.27. The Labute approximate surface area is 91.4 Å². The summed E-state index contributed by atoms with van der Waals surface area (Å²) in [5, 5.41) is 0. The third-order valence-corrected chi connectivity index (χ3v) is 3.17. The van der Waals surface area contributed by atoms with E-state index in [1.54, 1.807) is 0 Å². The molecule has 15 heavy (non-hydrogen) atoms. The molecule has 1 aromatic rings. The summed E-state index contributed by atoms with van der Waals surface area (Å²) in [5.41, 5.74) is 9.71. The van der Waals surface area contributed by atoms with E-state index in [1.165, 1.54) is 16.7 Å². The Morgan fingerprint density at radius 1 is 1.27 bits per heavy atom. The van der Waals surface area contributed by atoms with Crippen LogP contribution in [0.1, 0.15) is 29.5 Å². The molecular weight excluding hydrogens is 186 g/mol. The molecule has 1 fully saturated rings. The molecule has 0 spiro atoms. The van der Waals surface area contributed by atoms with Crippen molar-refractivity contribution >= 4 is 0 Å². The molecule has 1 aliphatic carbocycles. The topological polar surface area (TPSA) is 35.2 Å². The van der Waals surface area contributed by atoms with E-state index >= 15 is 0 Å². The fraction of sp³-hybridized carbons (Fsp3) is 0.538. The van der Waals surface area contributed by atoms with Gasteiger partial charge in [-0.1, -0.05) is 6.07 Å². The number of hydrogen-bond donors (Lipinski definition) is 1. The van der Waals surface area contributed by atoms with Gasteiger partial charge in [0.05, 0.1) is 5.54 Å². The molecule has 0 amide bonds. The molecule has 1 aromatic carbocycles. The molecule has 0 aromatic heterocycles. The number of rotatable bonds is 3. The highest BCUT2D eigenvalue weighted by atomic mass is 16.5. The maximum atomic E-state index is 6.00. The van der Waals surface area contributed by atoms with Crippen LogP contribution in [0.5, 0.6) is 5.75 Å². The molecule has 1 aliphatic rings. The standard InChI is InChI=1S/C13H19NO/c1-9-6-10(2)11(3)12(7-9)15-8-13(14)4-5-13/h6-7H,4-5,8,14H2,1-3H3. The van der Waals surface area contributed by atoms with Gasteiger partial charge in [-0.05, 0) is 56.4 Å². The Morgan fingerprint density at radius 2 is 1.93 bits per heavy atom. The van der Waals surface area contributed by atoms with Crippen molar-refractivity contribution in [3.8, 4) is 5.75 Å². The normalized spacial score (nSPS) is 17.6. The van der Waals surface area contributed by atoms with Crippen LogP contribution in [0.4, 0.5) is 0 Å². The average molecular weight is 205 g/mol. The maximum Gasteiger partial charge on any atom is 0.122 e. The van der Waals surface area contributed by atoms with Gasteiger partial charge in [0.15, 0.2) is 0 Å². The summed E-state index contributed by atoms with van der Waals surface area (Å²) >= 11 is 0. The minimum absolute atomic E-state index is 0.0376. The van der Waals surface area contributed by atoms with Crippen LogP contribution in [0.15, 0.2) is 12.1 Å². The molecule has 0 atom stereocenters. The molecule has 2 nitrogen and oxygen atoms in total. The van der Waals surface area contributed by atoms with E-state index in [0.29, 0.717) is 6.61 Å². The third kappa shape index (κ3) is 2.32. The first-order valence-electron chi connectivity index (χ1n) is 5.50. The molecule has 1 saturated carbocycles. The van der Waals surface area contributed by atoms with Crippen LogP contribution in [-0.4, -0.2) is 12.1 Å². The van der Waals surface area contributed by atoms with E-state index in [-0.39, 0.29) is 5.54 Å². The van der Waals surface area contributed by atoms with Gasteiger partial charge in [0, 0.05) is 0 Å². The van der Waals surface area contributed by atoms with E-state index in [2.05, 4.69) is 32.9 Å². The lowest BCUT2D eigenvalue weighted by Crippen LogP contribution is -2.30. The second-order valence-corrected chi connectivity index (χ2v) is 4.86. The molecule has 0 heterocycles. The van der Waals surface area contributed by atoms with E-state index in [0.717, 1.165) is 18.6 Å². The first kappa shape index (κ1) is 10.5. The summed E-state index contributed by atoms with van der Waals surface area (Å²) in [6.45, 7) is 6.95. The van der Waals surface area contributed by atoms with Crippen LogP contribution in [0.2, 0.25) is 0 Å². The zero-order valence-electron chi connectivity index (χ0n) is 9.76. The van der Waals surface area contributed by atoms with E-state index in [1.807, 2.05) is 0 Å². The van der Waals surface area contributed by atoms with Gasteiger partial charge in [-0.3, -0.25) is 0 Å². The van der Waals surface area contributed by atoms with Crippen molar-refractivity contribution in [1.29, 1.82) is 0 Å². The third-order valence-electron chi connectivity index (χ3n) is 3.17. The predicted octanol–water partition coefficient (Wildman–Crippen LogP) is 2.48. The number of aryl methyl sites for hydroxylation is 2. The Balaban J connectivity index is 2.13. The number of benzene rings is 1. The van der Waals surface area contributed by atoms with Crippen LogP contribution < -0.4 is 10.5 Å². The Bertz CT molecular complexity index is 380. The van der Waals surface area contributed by atoms with Gasteiger partial charge in [-0.15, -0.1) is 0 Å². The van der Waals surface area contributed by atoms with Crippen molar-refractivity contribution in [2.24, 2.45) is 5.73 Å². The first-order chi connectivity index (χ1) is 7.00.